The van der Waals surface area contributed by atoms with Crippen molar-refractivity contribution in [3.05, 3.63) is 20.7 Å². The van der Waals surface area contributed by atoms with E-state index < -0.39 is 11.2 Å². The highest BCUT2D eigenvalue weighted by Gasteiger charge is 2.33. The molecular formula is C10H13BrN2O3. The first-order valence-electron chi connectivity index (χ1n) is 5.16. The van der Waals surface area contributed by atoms with Gasteiger partial charge in [0.25, 0.3) is 5.56 Å². The van der Waals surface area contributed by atoms with Crippen molar-refractivity contribution >= 4 is 15.9 Å². The third-order valence-electron chi connectivity index (χ3n) is 2.82. The lowest BCUT2D eigenvalue weighted by Gasteiger charge is -2.32. The highest BCUT2D eigenvalue weighted by Crippen LogP contribution is 2.33. The molecule has 0 aliphatic carbocycles. The second-order valence-corrected chi connectivity index (χ2v) is 4.88. The molecule has 2 rings (SSSR count). The molecular weight excluding hydrogens is 276 g/mol. The molecule has 2 N–H and O–H groups in total. The first-order valence-corrected chi connectivity index (χ1v) is 5.95. The number of halogens is 1. The molecule has 1 aromatic rings. The van der Waals surface area contributed by atoms with Gasteiger partial charge in [-0.25, -0.2) is 0 Å². The Morgan fingerprint density at radius 1 is 1.56 bits per heavy atom. The normalized spacial score (nSPS) is 25.6. The van der Waals surface area contributed by atoms with Gasteiger partial charge in [0.05, 0.1) is 0 Å². The molecule has 0 spiro atoms. The Bertz CT molecular complexity index is 452. The summed E-state index contributed by atoms with van der Waals surface area (Å²) in [6, 6.07) is 0. The van der Waals surface area contributed by atoms with Crippen molar-refractivity contribution < 1.29 is 9.84 Å². The number of aromatic hydroxyl groups is 1. The van der Waals surface area contributed by atoms with Gasteiger partial charge in [-0.15, -0.1) is 0 Å². The van der Waals surface area contributed by atoms with Gasteiger partial charge in [0.1, 0.15) is 15.9 Å². The van der Waals surface area contributed by atoms with Crippen LogP contribution in [-0.4, -0.2) is 21.7 Å². The smallest absolute Gasteiger partial charge is 0.269 e. The van der Waals surface area contributed by atoms with Crippen molar-refractivity contribution in [3.63, 3.8) is 0 Å². The predicted octanol–water partition coefficient (Wildman–Crippen LogP) is 1.65. The van der Waals surface area contributed by atoms with Crippen LogP contribution in [0.1, 0.15) is 32.0 Å². The minimum absolute atomic E-state index is 0.0515. The number of nitrogens with zero attached hydrogens (tertiary/aromatic N) is 1. The SMILES string of the molecule is CC1(c2nc(O)c(Br)c(=O)[nH]2)CCCCO1. The zero-order valence-electron chi connectivity index (χ0n) is 8.92. The van der Waals surface area contributed by atoms with Gasteiger partial charge in [-0.3, -0.25) is 4.79 Å². The Balaban J connectivity index is 2.43. The summed E-state index contributed by atoms with van der Waals surface area (Å²) in [5.41, 5.74) is -0.992. The van der Waals surface area contributed by atoms with E-state index in [2.05, 4.69) is 25.9 Å². The van der Waals surface area contributed by atoms with E-state index >= 15 is 0 Å². The molecule has 1 aliphatic heterocycles. The highest BCUT2D eigenvalue weighted by atomic mass is 79.9. The van der Waals surface area contributed by atoms with Gasteiger partial charge in [-0.1, -0.05) is 0 Å². The third-order valence-corrected chi connectivity index (χ3v) is 3.53. The van der Waals surface area contributed by atoms with Crippen LogP contribution in [0.5, 0.6) is 5.88 Å². The lowest BCUT2D eigenvalue weighted by atomic mass is 9.95. The van der Waals surface area contributed by atoms with E-state index in [0.717, 1.165) is 19.3 Å². The fraction of sp³-hybridized carbons (Fsp3) is 0.600. The van der Waals surface area contributed by atoms with Crippen molar-refractivity contribution in [3.8, 4) is 5.88 Å². The maximum absolute atomic E-state index is 11.5. The summed E-state index contributed by atoms with van der Waals surface area (Å²) in [5, 5.41) is 9.49. The third kappa shape index (κ3) is 1.99. The molecule has 1 aliphatic rings. The van der Waals surface area contributed by atoms with E-state index in [1.165, 1.54) is 0 Å². The summed E-state index contributed by atoms with van der Waals surface area (Å²) >= 11 is 2.96. The molecule has 1 unspecified atom stereocenters. The largest absolute Gasteiger partial charge is 0.492 e. The van der Waals surface area contributed by atoms with E-state index in [-0.39, 0.29) is 10.4 Å². The minimum Gasteiger partial charge on any atom is -0.492 e. The highest BCUT2D eigenvalue weighted by molar-refractivity contribution is 9.10. The van der Waals surface area contributed by atoms with Crippen molar-refractivity contribution in [2.45, 2.75) is 31.8 Å². The van der Waals surface area contributed by atoms with Crippen LogP contribution in [0.2, 0.25) is 0 Å². The van der Waals surface area contributed by atoms with Gasteiger partial charge in [0, 0.05) is 6.61 Å². The summed E-state index contributed by atoms with van der Waals surface area (Å²) in [4.78, 5) is 18.1. The number of H-pyrrole nitrogens is 1. The summed E-state index contributed by atoms with van der Waals surface area (Å²) in [5.74, 6) is 0.0899. The lowest BCUT2D eigenvalue weighted by Crippen LogP contribution is -2.34. The zero-order chi connectivity index (χ0) is 11.8. The van der Waals surface area contributed by atoms with Gasteiger partial charge < -0.3 is 14.8 Å². The Kier molecular flexibility index (Phi) is 3.03. The summed E-state index contributed by atoms with van der Waals surface area (Å²) in [6.07, 6.45) is 2.83. The number of nitrogens with one attached hydrogen (secondary N) is 1. The van der Waals surface area contributed by atoms with Crippen LogP contribution in [-0.2, 0) is 10.3 Å². The number of hydrogen-bond acceptors (Lipinski definition) is 4. The van der Waals surface area contributed by atoms with Gasteiger partial charge >= 0.3 is 0 Å². The van der Waals surface area contributed by atoms with Crippen LogP contribution in [0, 0.1) is 0 Å². The van der Waals surface area contributed by atoms with E-state index in [1.807, 2.05) is 6.92 Å². The monoisotopic (exact) mass is 288 g/mol. The lowest BCUT2D eigenvalue weighted by molar-refractivity contribution is -0.0764. The maximum atomic E-state index is 11.5. The average Bonchev–Trinajstić information content (AvgIpc) is 2.26. The van der Waals surface area contributed by atoms with Crippen LogP contribution in [0.3, 0.4) is 0 Å². The molecule has 0 saturated carbocycles. The first-order chi connectivity index (χ1) is 7.53. The molecule has 16 heavy (non-hydrogen) atoms. The van der Waals surface area contributed by atoms with E-state index in [1.54, 1.807) is 0 Å². The fourth-order valence-corrected chi connectivity index (χ4v) is 2.01. The Labute approximate surface area is 101 Å². The van der Waals surface area contributed by atoms with Crippen LogP contribution >= 0.6 is 15.9 Å². The number of ether oxygens (including phenoxy) is 1. The maximum Gasteiger partial charge on any atom is 0.269 e. The van der Waals surface area contributed by atoms with Crippen LogP contribution in [0.4, 0.5) is 0 Å². The van der Waals surface area contributed by atoms with Crippen molar-refractivity contribution in [2.75, 3.05) is 6.61 Å². The van der Waals surface area contributed by atoms with E-state index in [4.69, 9.17) is 4.74 Å². The van der Waals surface area contributed by atoms with Crippen molar-refractivity contribution in [2.24, 2.45) is 0 Å². The Morgan fingerprint density at radius 3 is 2.88 bits per heavy atom. The van der Waals surface area contributed by atoms with Crippen LogP contribution in [0.15, 0.2) is 9.27 Å². The Morgan fingerprint density at radius 2 is 2.31 bits per heavy atom. The molecule has 0 bridgehead atoms. The molecule has 1 saturated heterocycles. The number of rotatable bonds is 1. The number of aromatic nitrogens is 2. The molecule has 88 valence electrons. The minimum atomic E-state index is -0.602. The molecule has 0 amide bonds. The van der Waals surface area contributed by atoms with Gasteiger partial charge in [0.15, 0.2) is 0 Å². The zero-order valence-corrected chi connectivity index (χ0v) is 10.5. The number of hydrogen-bond donors (Lipinski definition) is 2. The second kappa shape index (κ2) is 4.18. The second-order valence-electron chi connectivity index (χ2n) is 4.09. The molecule has 5 nitrogen and oxygen atoms in total. The van der Waals surface area contributed by atoms with Crippen LogP contribution < -0.4 is 5.56 Å². The van der Waals surface area contributed by atoms with Gasteiger partial charge in [-0.2, -0.15) is 4.98 Å². The summed E-state index contributed by atoms with van der Waals surface area (Å²) in [6.45, 7) is 2.52. The molecule has 1 fully saturated rings. The van der Waals surface area contributed by atoms with Gasteiger partial charge in [-0.05, 0) is 42.1 Å². The molecule has 0 aromatic carbocycles. The predicted molar refractivity (Wildman–Crippen MR) is 61.4 cm³/mol. The average molecular weight is 289 g/mol. The van der Waals surface area contributed by atoms with E-state index in [0.29, 0.717) is 12.4 Å². The summed E-state index contributed by atoms with van der Waals surface area (Å²) < 4.78 is 5.69. The number of aromatic amines is 1. The van der Waals surface area contributed by atoms with Gasteiger partial charge in [0.2, 0.25) is 5.88 Å². The van der Waals surface area contributed by atoms with Crippen LogP contribution in [0.25, 0.3) is 0 Å². The molecule has 0 radical (unpaired) electrons. The summed E-state index contributed by atoms with van der Waals surface area (Å²) in [7, 11) is 0. The first kappa shape index (κ1) is 11.6. The molecule has 1 atom stereocenters. The van der Waals surface area contributed by atoms with Crippen molar-refractivity contribution in [1.29, 1.82) is 0 Å². The quantitative estimate of drug-likeness (QED) is 0.824. The van der Waals surface area contributed by atoms with E-state index in [9.17, 15) is 9.90 Å². The topological polar surface area (TPSA) is 75.2 Å². The fourth-order valence-electron chi connectivity index (χ4n) is 1.82. The Hall–Kier alpha value is -0.880. The molecule has 2 heterocycles. The van der Waals surface area contributed by atoms with Crippen molar-refractivity contribution in [1.82, 2.24) is 9.97 Å². The molecule has 1 aromatic heterocycles. The molecule has 6 heteroatoms. The standard InChI is InChI=1S/C10H13BrN2O3/c1-10(4-2-3-5-16-10)9-12-7(14)6(11)8(15)13-9/h2-5H2,1H3,(H2,12,13,14,15).